The van der Waals surface area contributed by atoms with Crippen LogP contribution in [0.5, 0.6) is 0 Å². The van der Waals surface area contributed by atoms with E-state index in [1.165, 1.54) is 70.6 Å². The normalized spacial score (nSPS) is 16.2. The third kappa shape index (κ3) is 6.30. The van der Waals surface area contributed by atoms with Crippen molar-refractivity contribution in [3.63, 3.8) is 0 Å². The van der Waals surface area contributed by atoms with Crippen molar-refractivity contribution in [2.75, 3.05) is 0 Å². The van der Waals surface area contributed by atoms with Gasteiger partial charge in [-0.1, -0.05) is 95.8 Å². The topological polar surface area (TPSA) is 26.3 Å². The van der Waals surface area contributed by atoms with Gasteiger partial charge in [-0.3, -0.25) is 0 Å². The van der Waals surface area contributed by atoms with Crippen molar-refractivity contribution in [3.05, 3.63) is 35.4 Å². The van der Waals surface area contributed by atoms with E-state index in [1.807, 2.05) is 24.3 Å². The maximum atomic E-state index is 11.8. The van der Waals surface area contributed by atoms with E-state index in [0.717, 1.165) is 24.0 Å². The molecule has 0 fully saturated rings. The fourth-order valence-corrected chi connectivity index (χ4v) is 3.60. The van der Waals surface area contributed by atoms with Crippen LogP contribution < -0.4 is 0 Å². The zero-order valence-electron chi connectivity index (χ0n) is 15.4. The van der Waals surface area contributed by atoms with Gasteiger partial charge in [0.1, 0.15) is 6.10 Å². The molecule has 1 unspecified atom stereocenters. The fraction of sp³-hybridized carbons (Fsp3) is 0.682. The summed E-state index contributed by atoms with van der Waals surface area (Å²) in [4.78, 5) is 11.8. The van der Waals surface area contributed by atoms with E-state index in [1.54, 1.807) is 0 Å². The summed E-state index contributed by atoms with van der Waals surface area (Å²) in [6.45, 7) is 2.27. The summed E-state index contributed by atoms with van der Waals surface area (Å²) in [7, 11) is 0. The highest BCUT2D eigenvalue weighted by Crippen LogP contribution is 2.34. The van der Waals surface area contributed by atoms with E-state index >= 15 is 0 Å². The van der Waals surface area contributed by atoms with Crippen LogP contribution in [0.15, 0.2) is 24.3 Å². The lowest BCUT2D eigenvalue weighted by atomic mass is 10.00. The van der Waals surface area contributed by atoms with Crippen LogP contribution in [-0.2, 0) is 4.74 Å². The lowest BCUT2D eigenvalue weighted by molar-refractivity contribution is 0.0363. The minimum Gasteiger partial charge on any atom is -0.454 e. The molecule has 24 heavy (non-hydrogen) atoms. The fourth-order valence-electron chi connectivity index (χ4n) is 3.60. The summed E-state index contributed by atoms with van der Waals surface area (Å²) < 4.78 is 5.49. The molecule has 0 saturated heterocycles. The number of carbonyl (C=O) groups excluding carboxylic acids is 1. The van der Waals surface area contributed by atoms with Gasteiger partial charge in [-0.25, -0.2) is 4.79 Å². The van der Waals surface area contributed by atoms with Gasteiger partial charge < -0.3 is 4.74 Å². The first-order chi connectivity index (χ1) is 11.8. The SMILES string of the molecule is CCCCCCCCCCCCCCC1OC(=O)c2ccccc21. The van der Waals surface area contributed by atoms with Crippen molar-refractivity contribution in [2.45, 2.75) is 96.5 Å². The largest absolute Gasteiger partial charge is 0.454 e. The van der Waals surface area contributed by atoms with Crippen LogP contribution in [-0.4, -0.2) is 5.97 Å². The van der Waals surface area contributed by atoms with E-state index < -0.39 is 0 Å². The van der Waals surface area contributed by atoms with Crippen LogP contribution >= 0.6 is 0 Å². The Kier molecular flexibility index (Phi) is 8.94. The van der Waals surface area contributed by atoms with Crippen LogP contribution in [0.25, 0.3) is 0 Å². The van der Waals surface area contributed by atoms with Crippen molar-refractivity contribution in [1.29, 1.82) is 0 Å². The van der Waals surface area contributed by atoms with E-state index in [9.17, 15) is 4.79 Å². The molecule has 1 aromatic rings. The zero-order chi connectivity index (χ0) is 17.0. The lowest BCUT2D eigenvalue weighted by Crippen LogP contribution is -1.98. The summed E-state index contributed by atoms with van der Waals surface area (Å²) in [6.07, 6.45) is 17.3. The number of benzene rings is 1. The van der Waals surface area contributed by atoms with Crippen molar-refractivity contribution in [3.8, 4) is 0 Å². The Labute approximate surface area is 148 Å². The molecule has 0 aliphatic carbocycles. The summed E-state index contributed by atoms with van der Waals surface area (Å²) in [6, 6.07) is 7.81. The molecule has 0 bridgehead atoms. The average molecular weight is 331 g/mol. The zero-order valence-corrected chi connectivity index (χ0v) is 15.4. The molecule has 134 valence electrons. The Hall–Kier alpha value is -1.31. The predicted octanol–water partition coefficient (Wildman–Crippen LogP) is 6.99. The van der Waals surface area contributed by atoms with Gasteiger partial charge in [-0.2, -0.15) is 0 Å². The third-order valence-electron chi connectivity index (χ3n) is 5.10. The first kappa shape index (κ1) is 19.0. The smallest absolute Gasteiger partial charge is 0.339 e. The quantitative estimate of drug-likeness (QED) is 0.288. The first-order valence-corrected chi connectivity index (χ1v) is 10.1. The highest BCUT2D eigenvalue weighted by Gasteiger charge is 2.29. The molecular weight excluding hydrogens is 296 g/mol. The second-order valence-corrected chi connectivity index (χ2v) is 7.16. The number of fused-ring (bicyclic) bond motifs is 1. The first-order valence-electron chi connectivity index (χ1n) is 10.1. The molecule has 0 spiro atoms. The van der Waals surface area contributed by atoms with Crippen LogP contribution in [0.2, 0.25) is 0 Å². The number of rotatable bonds is 13. The molecule has 2 rings (SSSR count). The van der Waals surface area contributed by atoms with Gasteiger partial charge in [-0.05, 0) is 18.9 Å². The Bertz CT molecular complexity index is 481. The highest BCUT2D eigenvalue weighted by atomic mass is 16.5. The summed E-state index contributed by atoms with van der Waals surface area (Å²) in [5.41, 5.74) is 1.85. The van der Waals surface area contributed by atoms with E-state index in [4.69, 9.17) is 4.74 Å². The highest BCUT2D eigenvalue weighted by molar-refractivity contribution is 5.93. The molecule has 1 aromatic carbocycles. The standard InChI is InChI=1S/C22H34O2/c1-2-3-4-5-6-7-8-9-10-11-12-13-18-21-19-16-14-15-17-20(19)22(23)24-21/h14-17,21H,2-13,18H2,1H3. The predicted molar refractivity (Wildman–Crippen MR) is 100 cm³/mol. The molecule has 0 saturated carbocycles. The van der Waals surface area contributed by atoms with Crippen molar-refractivity contribution < 1.29 is 9.53 Å². The maximum Gasteiger partial charge on any atom is 0.339 e. The molecule has 0 N–H and O–H groups in total. The van der Waals surface area contributed by atoms with Crippen LogP contribution in [0.1, 0.15) is 112 Å². The van der Waals surface area contributed by atoms with E-state index in [2.05, 4.69) is 6.92 Å². The molecule has 1 atom stereocenters. The number of cyclic esters (lactones) is 1. The molecular formula is C22H34O2. The van der Waals surface area contributed by atoms with Gasteiger partial charge in [-0.15, -0.1) is 0 Å². The van der Waals surface area contributed by atoms with E-state index in [0.29, 0.717) is 0 Å². The number of carbonyl (C=O) groups is 1. The van der Waals surface area contributed by atoms with Crippen LogP contribution in [0, 0.1) is 0 Å². The average Bonchev–Trinajstić information content (AvgIpc) is 2.92. The summed E-state index contributed by atoms with van der Waals surface area (Å²) in [5, 5.41) is 0. The Morgan fingerprint density at radius 1 is 0.792 bits per heavy atom. The maximum absolute atomic E-state index is 11.8. The summed E-state index contributed by atoms with van der Waals surface area (Å²) in [5.74, 6) is -0.144. The second kappa shape index (κ2) is 11.3. The van der Waals surface area contributed by atoms with Gasteiger partial charge in [0.05, 0.1) is 5.56 Å². The van der Waals surface area contributed by atoms with Crippen LogP contribution in [0.3, 0.4) is 0 Å². The van der Waals surface area contributed by atoms with Crippen LogP contribution in [0.4, 0.5) is 0 Å². The van der Waals surface area contributed by atoms with Gasteiger partial charge >= 0.3 is 5.97 Å². The van der Waals surface area contributed by atoms with Gasteiger partial charge in [0.2, 0.25) is 0 Å². The molecule has 0 aromatic heterocycles. The number of ether oxygens (including phenoxy) is 1. The number of unbranched alkanes of at least 4 members (excludes halogenated alkanes) is 11. The van der Waals surface area contributed by atoms with Gasteiger partial charge in [0, 0.05) is 5.56 Å². The molecule has 2 nitrogen and oxygen atoms in total. The van der Waals surface area contributed by atoms with E-state index in [-0.39, 0.29) is 12.1 Å². The number of esters is 1. The third-order valence-corrected chi connectivity index (χ3v) is 5.10. The Morgan fingerprint density at radius 3 is 1.96 bits per heavy atom. The summed E-state index contributed by atoms with van der Waals surface area (Å²) >= 11 is 0. The van der Waals surface area contributed by atoms with Gasteiger partial charge in [0.25, 0.3) is 0 Å². The van der Waals surface area contributed by atoms with Crippen molar-refractivity contribution in [1.82, 2.24) is 0 Å². The second-order valence-electron chi connectivity index (χ2n) is 7.16. The lowest BCUT2D eigenvalue weighted by Gasteiger charge is -2.10. The Morgan fingerprint density at radius 2 is 1.33 bits per heavy atom. The monoisotopic (exact) mass is 330 g/mol. The minimum atomic E-state index is -0.144. The molecule has 0 radical (unpaired) electrons. The molecule has 1 aliphatic rings. The molecule has 1 heterocycles. The molecule has 2 heteroatoms. The number of hydrogen-bond acceptors (Lipinski definition) is 2. The minimum absolute atomic E-state index is 0.00294. The van der Waals surface area contributed by atoms with Crippen molar-refractivity contribution in [2.24, 2.45) is 0 Å². The Balaban J connectivity index is 1.45. The van der Waals surface area contributed by atoms with Gasteiger partial charge in [0.15, 0.2) is 0 Å². The van der Waals surface area contributed by atoms with Crippen molar-refractivity contribution >= 4 is 5.97 Å². The number of hydrogen-bond donors (Lipinski definition) is 0. The molecule has 0 amide bonds. The molecule has 1 aliphatic heterocycles.